The van der Waals surface area contributed by atoms with Crippen LogP contribution in [-0.4, -0.2) is 89.4 Å². The van der Waals surface area contributed by atoms with Crippen LogP contribution in [0, 0.1) is 0 Å². The van der Waals surface area contributed by atoms with Gasteiger partial charge in [-0.05, 0) is 56.3 Å². The largest absolute Gasteiger partial charge is 0.481 e. The SMILES string of the molecule is CCOC(=O)CCN(Cc1ccc(OC)nc1)C1CN(CCCc2ccc3c(n2)N(C(=O)O)CCC3)C1. The van der Waals surface area contributed by atoms with Crippen LogP contribution >= 0.6 is 0 Å². The number of esters is 1. The van der Waals surface area contributed by atoms with Crippen molar-refractivity contribution in [1.82, 2.24) is 19.8 Å². The first kappa shape index (κ1) is 26.8. The Morgan fingerprint density at radius 2 is 2.05 bits per heavy atom. The van der Waals surface area contributed by atoms with Crippen LogP contribution in [0.25, 0.3) is 0 Å². The Balaban J connectivity index is 1.27. The number of hydrogen-bond donors (Lipinski definition) is 1. The number of anilines is 1. The van der Waals surface area contributed by atoms with Crippen molar-refractivity contribution in [3.63, 3.8) is 0 Å². The molecule has 10 heteroatoms. The lowest BCUT2D eigenvalue weighted by molar-refractivity contribution is -0.143. The number of carboxylic acid groups (broad SMARTS) is 1. The minimum absolute atomic E-state index is 0.171. The minimum Gasteiger partial charge on any atom is -0.481 e. The molecule has 4 rings (SSSR count). The highest BCUT2D eigenvalue weighted by atomic mass is 16.5. The molecule has 200 valence electrons. The van der Waals surface area contributed by atoms with E-state index in [-0.39, 0.29) is 5.97 Å². The van der Waals surface area contributed by atoms with Crippen LogP contribution in [0.3, 0.4) is 0 Å². The smallest absolute Gasteiger partial charge is 0.413 e. The highest BCUT2D eigenvalue weighted by Crippen LogP contribution is 2.26. The number of carbonyl (C=O) groups is 2. The molecule has 0 bridgehead atoms. The maximum absolute atomic E-state index is 12.0. The van der Waals surface area contributed by atoms with E-state index < -0.39 is 6.09 Å². The lowest BCUT2D eigenvalue weighted by Crippen LogP contribution is -2.59. The molecule has 0 spiro atoms. The lowest BCUT2D eigenvalue weighted by Gasteiger charge is -2.45. The molecule has 2 aromatic heterocycles. The van der Waals surface area contributed by atoms with Gasteiger partial charge in [0, 0.05) is 56.7 Å². The van der Waals surface area contributed by atoms with Gasteiger partial charge in [-0.3, -0.25) is 14.6 Å². The van der Waals surface area contributed by atoms with Crippen molar-refractivity contribution in [2.75, 3.05) is 51.3 Å². The zero-order valence-electron chi connectivity index (χ0n) is 21.8. The number of likely N-dealkylation sites (tertiary alicyclic amines) is 1. The highest BCUT2D eigenvalue weighted by Gasteiger charge is 2.32. The van der Waals surface area contributed by atoms with E-state index in [4.69, 9.17) is 9.47 Å². The minimum atomic E-state index is -0.935. The van der Waals surface area contributed by atoms with Gasteiger partial charge in [-0.1, -0.05) is 12.1 Å². The molecule has 2 aromatic rings. The van der Waals surface area contributed by atoms with Crippen molar-refractivity contribution in [2.24, 2.45) is 0 Å². The third-order valence-corrected chi connectivity index (χ3v) is 6.99. The van der Waals surface area contributed by atoms with Crippen LogP contribution in [0.1, 0.15) is 43.0 Å². The zero-order valence-corrected chi connectivity index (χ0v) is 21.8. The number of rotatable bonds is 12. The molecule has 1 N–H and O–H groups in total. The molecule has 2 aliphatic rings. The standard InChI is InChI=1S/C27H37N5O5/c1-3-37-25(33)12-15-31(17-20-8-11-24(36-2)28-16-20)23-18-30(19-23)13-5-7-22-10-9-21-6-4-14-32(27(34)35)26(21)29-22/h8-11,16,23H,3-7,12-15,17-19H2,1-2H3,(H,34,35). The molecule has 37 heavy (non-hydrogen) atoms. The topological polar surface area (TPSA) is 108 Å². The summed E-state index contributed by atoms with van der Waals surface area (Å²) in [6, 6.07) is 8.29. The Morgan fingerprint density at radius 1 is 1.22 bits per heavy atom. The monoisotopic (exact) mass is 511 g/mol. The fourth-order valence-corrected chi connectivity index (χ4v) is 4.96. The second-order valence-corrected chi connectivity index (χ2v) is 9.57. The summed E-state index contributed by atoms with van der Waals surface area (Å²) in [4.78, 5) is 38.6. The lowest BCUT2D eigenvalue weighted by atomic mass is 10.0. The summed E-state index contributed by atoms with van der Waals surface area (Å²) in [6.07, 6.45) is 4.73. The first-order chi connectivity index (χ1) is 18.0. The van der Waals surface area contributed by atoms with E-state index in [1.165, 1.54) is 4.90 Å². The number of ether oxygens (including phenoxy) is 2. The number of hydrogen-bond acceptors (Lipinski definition) is 8. The summed E-state index contributed by atoms with van der Waals surface area (Å²) in [5, 5.41) is 9.49. The van der Waals surface area contributed by atoms with Gasteiger partial charge in [-0.15, -0.1) is 0 Å². The van der Waals surface area contributed by atoms with Crippen LogP contribution in [0.4, 0.5) is 10.6 Å². The molecular weight excluding hydrogens is 474 g/mol. The molecule has 1 amide bonds. The van der Waals surface area contributed by atoms with E-state index in [1.807, 2.05) is 37.4 Å². The average Bonchev–Trinajstić information content (AvgIpc) is 2.88. The summed E-state index contributed by atoms with van der Waals surface area (Å²) >= 11 is 0. The van der Waals surface area contributed by atoms with Crippen LogP contribution in [0.15, 0.2) is 30.5 Å². The molecule has 1 saturated heterocycles. The summed E-state index contributed by atoms with van der Waals surface area (Å²) in [5.74, 6) is 1.02. The van der Waals surface area contributed by atoms with Gasteiger partial charge < -0.3 is 19.5 Å². The van der Waals surface area contributed by atoms with E-state index in [0.717, 1.165) is 62.1 Å². The van der Waals surface area contributed by atoms with Gasteiger partial charge in [0.25, 0.3) is 0 Å². The van der Waals surface area contributed by atoms with Crippen molar-refractivity contribution < 1.29 is 24.2 Å². The number of nitrogens with zero attached hydrogens (tertiary/aromatic N) is 5. The number of fused-ring (bicyclic) bond motifs is 1. The van der Waals surface area contributed by atoms with E-state index in [1.54, 1.807) is 7.11 Å². The van der Waals surface area contributed by atoms with Crippen molar-refractivity contribution in [3.05, 3.63) is 47.3 Å². The molecule has 10 nitrogen and oxygen atoms in total. The Kier molecular flexibility index (Phi) is 9.29. The van der Waals surface area contributed by atoms with Gasteiger partial charge >= 0.3 is 12.1 Å². The molecule has 0 aliphatic carbocycles. The predicted molar refractivity (Wildman–Crippen MR) is 139 cm³/mol. The summed E-state index contributed by atoms with van der Waals surface area (Å²) < 4.78 is 10.3. The van der Waals surface area contributed by atoms with Gasteiger partial charge in [-0.25, -0.2) is 14.8 Å². The number of carbonyl (C=O) groups excluding carboxylic acids is 1. The maximum Gasteiger partial charge on any atom is 0.413 e. The molecule has 1 fully saturated rings. The molecule has 0 radical (unpaired) electrons. The first-order valence-corrected chi connectivity index (χ1v) is 13.1. The van der Waals surface area contributed by atoms with E-state index >= 15 is 0 Å². The summed E-state index contributed by atoms with van der Waals surface area (Å²) in [7, 11) is 1.60. The molecule has 0 atom stereocenters. The van der Waals surface area contributed by atoms with Crippen molar-refractivity contribution in [1.29, 1.82) is 0 Å². The molecule has 0 aromatic carbocycles. The fourth-order valence-electron chi connectivity index (χ4n) is 4.96. The summed E-state index contributed by atoms with van der Waals surface area (Å²) in [5.41, 5.74) is 3.03. The molecule has 0 saturated carbocycles. The molecular formula is C27H37N5O5. The van der Waals surface area contributed by atoms with Crippen LogP contribution in [-0.2, 0) is 28.9 Å². The number of methoxy groups -OCH3 is 1. The van der Waals surface area contributed by atoms with E-state index in [9.17, 15) is 14.7 Å². The van der Waals surface area contributed by atoms with Crippen LogP contribution < -0.4 is 9.64 Å². The van der Waals surface area contributed by atoms with Gasteiger partial charge in [0.1, 0.15) is 5.82 Å². The first-order valence-electron chi connectivity index (χ1n) is 13.1. The van der Waals surface area contributed by atoms with Gasteiger partial charge in [0.15, 0.2) is 0 Å². The number of amides is 1. The summed E-state index contributed by atoms with van der Waals surface area (Å²) in [6.45, 7) is 6.92. The third kappa shape index (κ3) is 7.17. The molecule has 2 aliphatic heterocycles. The van der Waals surface area contributed by atoms with E-state index in [2.05, 4.69) is 19.8 Å². The van der Waals surface area contributed by atoms with Crippen molar-refractivity contribution >= 4 is 17.9 Å². The van der Waals surface area contributed by atoms with Crippen molar-refractivity contribution in [3.8, 4) is 5.88 Å². The Bertz CT molecular complexity index is 1060. The number of aromatic nitrogens is 2. The predicted octanol–water partition coefficient (Wildman–Crippen LogP) is 2.99. The Hall–Kier alpha value is -3.24. The van der Waals surface area contributed by atoms with E-state index in [0.29, 0.717) is 50.4 Å². The second-order valence-electron chi connectivity index (χ2n) is 9.57. The Morgan fingerprint density at radius 3 is 2.76 bits per heavy atom. The third-order valence-electron chi connectivity index (χ3n) is 6.99. The quantitative estimate of drug-likeness (QED) is 0.430. The van der Waals surface area contributed by atoms with Gasteiger partial charge in [0.05, 0.1) is 20.1 Å². The normalized spacial score (nSPS) is 15.8. The van der Waals surface area contributed by atoms with Crippen LogP contribution in [0.5, 0.6) is 5.88 Å². The molecule has 4 heterocycles. The van der Waals surface area contributed by atoms with Crippen molar-refractivity contribution in [2.45, 2.75) is 51.6 Å². The zero-order chi connectivity index (χ0) is 26.2. The number of aryl methyl sites for hydroxylation is 2. The highest BCUT2D eigenvalue weighted by molar-refractivity contribution is 5.86. The second kappa shape index (κ2) is 12.8. The van der Waals surface area contributed by atoms with Gasteiger partial charge in [-0.2, -0.15) is 0 Å². The maximum atomic E-state index is 12.0. The molecule has 0 unspecified atom stereocenters. The number of pyridine rings is 2. The fraction of sp³-hybridized carbons (Fsp3) is 0.556. The van der Waals surface area contributed by atoms with Gasteiger partial charge in [0.2, 0.25) is 5.88 Å². The average molecular weight is 512 g/mol. The Labute approximate surface area is 218 Å². The van der Waals surface area contributed by atoms with Crippen LogP contribution in [0.2, 0.25) is 0 Å².